The Morgan fingerprint density at radius 2 is 1.35 bits per heavy atom. The molecule has 20 heavy (non-hydrogen) atoms. The Morgan fingerprint density at radius 1 is 0.850 bits per heavy atom. The van der Waals surface area contributed by atoms with Gasteiger partial charge in [0.15, 0.2) is 5.78 Å². The number of ketones is 1. The van der Waals surface area contributed by atoms with Gasteiger partial charge in [0.25, 0.3) is 0 Å². The topological polar surface area (TPSA) is 91.7 Å². The predicted molar refractivity (Wildman–Crippen MR) is 70.8 cm³/mol. The molecule has 106 valence electrons. The highest BCUT2D eigenvalue weighted by Crippen LogP contribution is 2.32. The van der Waals surface area contributed by atoms with Crippen molar-refractivity contribution in [1.82, 2.24) is 0 Å². The summed E-state index contributed by atoms with van der Waals surface area (Å²) >= 11 is 0. The molecule has 0 aromatic heterocycles. The van der Waals surface area contributed by atoms with Crippen molar-refractivity contribution in [3.63, 3.8) is 0 Å². The lowest BCUT2D eigenvalue weighted by molar-refractivity contribution is -0.144. The molecular formula is C15H16O5. The lowest BCUT2D eigenvalue weighted by atomic mass is 9.75. The van der Waals surface area contributed by atoms with Crippen LogP contribution in [-0.4, -0.2) is 27.9 Å². The van der Waals surface area contributed by atoms with Crippen LogP contribution < -0.4 is 0 Å². The van der Waals surface area contributed by atoms with Gasteiger partial charge in [-0.1, -0.05) is 25.0 Å². The quantitative estimate of drug-likeness (QED) is 0.824. The van der Waals surface area contributed by atoms with Crippen molar-refractivity contribution in [1.29, 1.82) is 0 Å². The summed E-state index contributed by atoms with van der Waals surface area (Å²) in [6, 6.07) is 5.65. The molecule has 0 saturated heterocycles. The first-order valence-corrected chi connectivity index (χ1v) is 6.61. The van der Waals surface area contributed by atoms with Gasteiger partial charge in [-0.25, -0.2) is 4.79 Å². The van der Waals surface area contributed by atoms with Crippen LogP contribution in [0.2, 0.25) is 0 Å². The van der Waals surface area contributed by atoms with Crippen LogP contribution in [0, 0.1) is 11.8 Å². The van der Waals surface area contributed by atoms with Gasteiger partial charge in [0, 0.05) is 11.5 Å². The van der Waals surface area contributed by atoms with Crippen molar-refractivity contribution < 1.29 is 24.6 Å². The number of carboxylic acid groups (broad SMARTS) is 2. The molecule has 0 heterocycles. The molecule has 0 amide bonds. The van der Waals surface area contributed by atoms with Crippen molar-refractivity contribution in [2.75, 3.05) is 0 Å². The molecule has 5 nitrogen and oxygen atoms in total. The average molecular weight is 276 g/mol. The van der Waals surface area contributed by atoms with Gasteiger partial charge in [0.2, 0.25) is 0 Å². The van der Waals surface area contributed by atoms with Gasteiger partial charge < -0.3 is 10.2 Å². The molecule has 0 bridgehead atoms. The summed E-state index contributed by atoms with van der Waals surface area (Å²) < 4.78 is 0. The highest BCUT2D eigenvalue weighted by atomic mass is 16.4. The van der Waals surface area contributed by atoms with Crippen molar-refractivity contribution in [2.45, 2.75) is 25.7 Å². The number of Topliss-reactive ketones (excluding diaryl/α,β-unsaturated/α-hetero) is 1. The number of carbonyl (C=O) groups is 3. The standard InChI is InChI=1S/C15H16O5/c16-13(9-5-7-10(8-6-9)14(17)18)11-3-1-2-4-12(11)15(19)20/h5-8,11-12H,1-4H2,(H,17,18)(H,19,20)/t11-,12+/m0/s1. The normalized spacial score (nSPS) is 22.2. The average Bonchev–Trinajstić information content (AvgIpc) is 2.46. The fourth-order valence-corrected chi connectivity index (χ4v) is 2.73. The van der Waals surface area contributed by atoms with Gasteiger partial charge in [-0.05, 0) is 25.0 Å². The van der Waals surface area contributed by atoms with E-state index in [1.165, 1.54) is 24.3 Å². The second-order valence-electron chi connectivity index (χ2n) is 5.08. The maximum atomic E-state index is 12.4. The van der Waals surface area contributed by atoms with Crippen LogP contribution >= 0.6 is 0 Å². The van der Waals surface area contributed by atoms with Crippen molar-refractivity contribution >= 4 is 17.7 Å². The number of carbonyl (C=O) groups excluding carboxylic acids is 1. The third-order valence-electron chi connectivity index (χ3n) is 3.84. The molecule has 2 N–H and O–H groups in total. The lowest BCUT2D eigenvalue weighted by Gasteiger charge is -2.27. The monoisotopic (exact) mass is 276 g/mol. The lowest BCUT2D eigenvalue weighted by Crippen LogP contribution is -2.32. The third kappa shape index (κ3) is 2.87. The molecule has 0 spiro atoms. The largest absolute Gasteiger partial charge is 0.481 e. The first-order chi connectivity index (χ1) is 9.50. The smallest absolute Gasteiger partial charge is 0.335 e. The van der Waals surface area contributed by atoms with Crippen LogP contribution in [0.15, 0.2) is 24.3 Å². The van der Waals surface area contributed by atoms with Crippen LogP contribution in [0.3, 0.4) is 0 Å². The summed E-state index contributed by atoms with van der Waals surface area (Å²) in [7, 11) is 0. The van der Waals surface area contributed by atoms with E-state index in [9.17, 15) is 19.5 Å². The molecule has 1 aromatic rings. The molecule has 0 unspecified atom stereocenters. The highest BCUT2D eigenvalue weighted by molar-refractivity contribution is 6.00. The van der Waals surface area contributed by atoms with Crippen LogP contribution in [0.25, 0.3) is 0 Å². The summed E-state index contributed by atoms with van der Waals surface area (Å²) in [6.07, 6.45) is 2.79. The van der Waals surface area contributed by atoms with Gasteiger partial charge in [0.05, 0.1) is 11.5 Å². The van der Waals surface area contributed by atoms with Gasteiger partial charge in [-0.3, -0.25) is 9.59 Å². The Hall–Kier alpha value is -2.17. The number of aliphatic carboxylic acids is 1. The van der Waals surface area contributed by atoms with Crippen LogP contribution in [0.4, 0.5) is 0 Å². The van der Waals surface area contributed by atoms with Gasteiger partial charge >= 0.3 is 11.9 Å². The fraction of sp³-hybridized carbons (Fsp3) is 0.400. The third-order valence-corrected chi connectivity index (χ3v) is 3.84. The number of benzene rings is 1. The second kappa shape index (κ2) is 5.86. The van der Waals surface area contributed by atoms with E-state index in [2.05, 4.69) is 0 Å². The Labute approximate surface area is 116 Å². The molecule has 1 saturated carbocycles. The zero-order valence-corrected chi connectivity index (χ0v) is 10.9. The fourth-order valence-electron chi connectivity index (χ4n) is 2.73. The van der Waals surface area contributed by atoms with E-state index in [1.807, 2.05) is 0 Å². The van der Waals surface area contributed by atoms with E-state index in [1.54, 1.807) is 0 Å². The molecule has 1 aliphatic carbocycles. The van der Waals surface area contributed by atoms with E-state index in [0.717, 1.165) is 12.8 Å². The summed E-state index contributed by atoms with van der Waals surface area (Å²) in [4.78, 5) is 34.4. The number of carboxylic acids is 2. The summed E-state index contributed by atoms with van der Waals surface area (Å²) in [5.74, 6) is -3.31. The van der Waals surface area contributed by atoms with E-state index in [4.69, 9.17) is 5.11 Å². The molecule has 0 radical (unpaired) electrons. The summed E-state index contributed by atoms with van der Waals surface area (Å²) in [5, 5.41) is 18.0. The van der Waals surface area contributed by atoms with Crippen LogP contribution in [0.1, 0.15) is 46.4 Å². The number of aromatic carboxylic acids is 1. The molecule has 1 fully saturated rings. The molecule has 2 rings (SSSR count). The second-order valence-corrected chi connectivity index (χ2v) is 5.08. The van der Waals surface area contributed by atoms with E-state index < -0.39 is 23.8 Å². The van der Waals surface area contributed by atoms with Gasteiger partial charge in [-0.15, -0.1) is 0 Å². The van der Waals surface area contributed by atoms with Crippen molar-refractivity contribution in [2.24, 2.45) is 11.8 Å². The maximum absolute atomic E-state index is 12.4. The van der Waals surface area contributed by atoms with E-state index in [-0.39, 0.29) is 11.3 Å². The number of rotatable bonds is 4. The Morgan fingerprint density at radius 3 is 1.85 bits per heavy atom. The Kier molecular flexibility index (Phi) is 4.17. The first-order valence-electron chi connectivity index (χ1n) is 6.61. The van der Waals surface area contributed by atoms with Gasteiger partial charge in [-0.2, -0.15) is 0 Å². The van der Waals surface area contributed by atoms with Gasteiger partial charge in [0.1, 0.15) is 0 Å². The predicted octanol–water partition coefficient (Wildman–Crippen LogP) is 2.46. The van der Waals surface area contributed by atoms with Crippen LogP contribution in [-0.2, 0) is 4.79 Å². The van der Waals surface area contributed by atoms with Crippen molar-refractivity contribution in [3.8, 4) is 0 Å². The van der Waals surface area contributed by atoms with E-state index in [0.29, 0.717) is 18.4 Å². The SMILES string of the molecule is O=C(O)c1ccc(C(=O)[C@H]2CCCC[C@H]2C(=O)O)cc1. The zero-order valence-electron chi connectivity index (χ0n) is 10.9. The molecule has 2 atom stereocenters. The molecular weight excluding hydrogens is 260 g/mol. The van der Waals surface area contributed by atoms with Crippen molar-refractivity contribution in [3.05, 3.63) is 35.4 Å². The number of hydrogen-bond acceptors (Lipinski definition) is 3. The summed E-state index contributed by atoms with van der Waals surface area (Å²) in [6.45, 7) is 0. The zero-order chi connectivity index (χ0) is 14.7. The summed E-state index contributed by atoms with van der Waals surface area (Å²) in [5.41, 5.74) is 0.494. The maximum Gasteiger partial charge on any atom is 0.335 e. The Bertz CT molecular complexity index is 532. The number of hydrogen-bond donors (Lipinski definition) is 2. The van der Waals surface area contributed by atoms with E-state index >= 15 is 0 Å². The highest BCUT2D eigenvalue weighted by Gasteiger charge is 2.35. The minimum Gasteiger partial charge on any atom is -0.481 e. The minimum atomic E-state index is -1.05. The van der Waals surface area contributed by atoms with Crippen LogP contribution in [0.5, 0.6) is 0 Å². The molecule has 1 aromatic carbocycles. The molecule has 1 aliphatic rings. The Balaban J connectivity index is 2.20. The molecule has 5 heteroatoms. The first kappa shape index (κ1) is 14.2. The minimum absolute atomic E-state index is 0.111. The molecule has 0 aliphatic heterocycles.